The molecule has 2 aromatic carbocycles. The van der Waals surface area contributed by atoms with Crippen LogP contribution in [0.5, 0.6) is 5.75 Å². The highest BCUT2D eigenvalue weighted by molar-refractivity contribution is 7.71. The van der Waals surface area contributed by atoms with Crippen LogP contribution in [0.4, 0.5) is 0 Å². The molecule has 0 bridgehead atoms. The topological polar surface area (TPSA) is 67.3 Å². The first-order chi connectivity index (χ1) is 14.9. The molecule has 0 radical (unpaired) electrons. The average Bonchev–Trinajstić information content (AvgIpc) is 2.79. The number of fused-ring (bicyclic) bond motifs is 1. The molecule has 1 unspecified atom stereocenters. The Labute approximate surface area is 187 Å². The highest BCUT2D eigenvalue weighted by atomic mass is 32.1. The number of methoxy groups -OCH3 is 1. The summed E-state index contributed by atoms with van der Waals surface area (Å²) >= 11 is 5.35. The van der Waals surface area contributed by atoms with Crippen LogP contribution in [0.3, 0.4) is 0 Å². The van der Waals surface area contributed by atoms with Gasteiger partial charge in [-0.15, -0.1) is 0 Å². The van der Waals surface area contributed by atoms with Crippen molar-refractivity contribution in [2.45, 2.75) is 45.2 Å². The lowest BCUT2D eigenvalue weighted by atomic mass is 10.1. The van der Waals surface area contributed by atoms with Crippen molar-refractivity contribution in [1.29, 1.82) is 0 Å². The lowest BCUT2D eigenvalue weighted by Crippen LogP contribution is -2.29. The summed E-state index contributed by atoms with van der Waals surface area (Å²) < 4.78 is 7.46. The van der Waals surface area contributed by atoms with Crippen molar-refractivity contribution in [3.8, 4) is 5.75 Å². The molecule has 0 saturated heterocycles. The molecule has 1 aromatic heterocycles. The van der Waals surface area contributed by atoms with Crippen molar-refractivity contribution in [3.63, 3.8) is 0 Å². The van der Waals surface area contributed by atoms with E-state index in [1.54, 1.807) is 22.6 Å². The number of hydrogen-bond donors (Lipinski definition) is 1. The van der Waals surface area contributed by atoms with E-state index < -0.39 is 0 Å². The lowest BCUT2D eigenvalue weighted by Gasteiger charge is -2.26. The van der Waals surface area contributed by atoms with Crippen LogP contribution in [0, 0.1) is 4.77 Å². The van der Waals surface area contributed by atoms with Gasteiger partial charge in [0.2, 0.25) is 5.91 Å². The first kappa shape index (κ1) is 22.7. The van der Waals surface area contributed by atoms with Crippen molar-refractivity contribution < 1.29 is 9.53 Å². The summed E-state index contributed by atoms with van der Waals surface area (Å²) in [5, 5.41) is 0.637. The second kappa shape index (κ2) is 10.4. The average molecular weight is 440 g/mol. The highest BCUT2D eigenvalue weighted by Crippen LogP contribution is 2.28. The zero-order valence-corrected chi connectivity index (χ0v) is 19.1. The summed E-state index contributed by atoms with van der Waals surface area (Å²) in [6.07, 6.45) is 2.86. The molecule has 1 N–H and O–H groups in total. The quantitative estimate of drug-likeness (QED) is 0.382. The molecule has 0 fully saturated rings. The fraction of sp³-hybridized carbons (Fsp3) is 0.375. The van der Waals surface area contributed by atoms with Gasteiger partial charge in [0, 0.05) is 25.6 Å². The van der Waals surface area contributed by atoms with Gasteiger partial charge >= 0.3 is 0 Å². The fourth-order valence-corrected chi connectivity index (χ4v) is 4.02. The first-order valence-electron chi connectivity index (χ1n) is 10.5. The number of amides is 1. The largest absolute Gasteiger partial charge is 0.496 e. The number of carbonyl (C=O) groups excluding carboxylic acids is 1. The molecule has 0 aliphatic carbocycles. The third-order valence-electron chi connectivity index (χ3n) is 5.73. The Bertz CT molecular complexity index is 1170. The minimum Gasteiger partial charge on any atom is -0.496 e. The number of unbranched alkanes of at least 4 members (excludes halogenated alkanes) is 2. The molecule has 3 aromatic rings. The van der Waals surface area contributed by atoms with E-state index in [-0.39, 0.29) is 17.5 Å². The summed E-state index contributed by atoms with van der Waals surface area (Å²) in [5.74, 6) is 0.880. The van der Waals surface area contributed by atoms with Crippen LogP contribution in [0.2, 0.25) is 0 Å². The molecule has 7 heteroatoms. The smallest absolute Gasteiger partial charge is 0.262 e. The minimum atomic E-state index is -0.0712. The zero-order chi connectivity index (χ0) is 22.4. The first-order valence-corrected chi connectivity index (χ1v) is 10.9. The molecular weight excluding hydrogens is 410 g/mol. The molecule has 1 heterocycles. The number of aromatic nitrogens is 2. The molecule has 164 valence electrons. The lowest BCUT2D eigenvalue weighted by molar-refractivity contribution is -0.131. The van der Waals surface area contributed by atoms with Gasteiger partial charge in [-0.25, -0.2) is 0 Å². The Morgan fingerprint density at radius 2 is 1.84 bits per heavy atom. The molecule has 31 heavy (non-hydrogen) atoms. The predicted molar refractivity (Wildman–Crippen MR) is 126 cm³/mol. The summed E-state index contributed by atoms with van der Waals surface area (Å²) in [7, 11) is 3.47. The van der Waals surface area contributed by atoms with Gasteiger partial charge in [-0.05, 0) is 50.2 Å². The number of nitrogens with zero attached hydrogens (tertiary/aromatic N) is 2. The van der Waals surface area contributed by atoms with Crippen LogP contribution in [0.25, 0.3) is 10.9 Å². The van der Waals surface area contributed by atoms with Crippen LogP contribution in [-0.2, 0) is 11.3 Å². The molecular formula is C24H29N3O3S. The van der Waals surface area contributed by atoms with Crippen molar-refractivity contribution in [1.82, 2.24) is 14.5 Å². The summed E-state index contributed by atoms with van der Waals surface area (Å²) in [5.41, 5.74) is 1.68. The molecule has 3 rings (SSSR count). The molecule has 1 atom stereocenters. The zero-order valence-electron chi connectivity index (χ0n) is 18.3. The molecule has 0 spiro atoms. The Morgan fingerprint density at radius 3 is 2.61 bits per heavy atom. The third-order valence-corrected chi connectivity index (χ3v) is 6.05. The maximum absolute atomic E-state index is 12.7. The third kappa shape index (κ3) is 5.22. The SMILES string of the molecule is COc1ccccc1C(C)N(C)C(=O)CCCCCn1c(=S)[nH]c2ccccc2c1=O. The Kier molecular flexibility index (Phi) is 7.63. The summed E-state index contributed by atoms with van der Waals surface area (Å²) in [6.45, 7) is 2.55. The van der Waals surface area contributed by atoms with Gasteiger partial charge in [0.05, 0.1) is 24.1 Å². The minimum absolute atomic E-state index is 0.0687. The van der Waals surface area contributed by atoms with E-state index in [2.05, 4.69) is 4.98 Å². The van der Waals surface area contributed by atoms with E-state index in [0.717, 1.165) is 36.1 Å². The van der Waals surface area contributed by atoms with Crippen LogP contribution in [-0.4, -0.2) is 34.5 Å². The molecule has 0 saturated carbocycles. The van der Waals surface area contributed by atoms with Crippen molar-refractivity contribution in [2.75, 3.05) is 14.2 Å². The number of ether oxygens (including phenoxy) is 1. The number of H-pyrrole nitrogens is 1. The number of carbonyl (C=O) groups is 1. The van der Waals surface area contributed by atoms with E-state index in [1.165, 1.54) is 0 Å². The Morgan fingerprint density at radius 1 is 1.13 bits per heavy atom. The predicted octanol–water partition coefficient (Wildman–Crippen LogP) is 4.85. The van der Waals surface area contributed by atoms with Gasteiger partial charge in [-0.3, -0.25) is 14.2 Å². The summed E-state index contributed by atoms with van der Waals surface area (Å²) in [4.78, 5) is 30.2. The monoisotopic (exact) mass is 439 g/mol. The van der Waals surface area contributed by atoms with Crippen molar-refractivity contribution in [2.24, 2.45) is 0 Å². The van der Waals surface area contributed by atoms with Gasteiger partial charge in [-0.2, -0.15) is 0 Å². The van der Waals surface area contributed by atoms with Gasteiger partial charge in [0.1, 0.15) is 5.75 Å². The number of aromatic amines is 1. The second-order valence-corrected chi connectivity index (χ2v) is 8.05. The number of benzene rings is 2. The van der Waals surface area contributed by atoms with Crippen LogP contribution >= 0.6 is 12.2 Å². The highest BCUT2D eigenvalue weighted by Gasteiger charge is 2.19. The van der Waals surface area contributed by atoms with E-state index in [4.69, 9.17) is 17.0 Å². The normalized spacial score (nSPS) is 12.0. The Hall–Kier alpha value is -2.93. The van der Waals surface area contributed by atoms with Crippen LogP contribution in [0.1, 0.15) is 44.2 Å². The molecule has 0 aliphatic heterocycles. The van der Waals surface area contributed by atoms with Crippen LogP contribution in [0.15, 0.2) is 53.3 Å². The van der Waals surface area contributed by atoms with E-state index in [9.17, 15) is 9.59 Å². The second-order valence-electron chi connectivity index (χ2n) is 7.67. The van der Waals surface area contributed by atoms with Crippen molar-refractivity contribution in [3.05, 3.63) is 69.2 Å². The standard InChI is InChI=1S/C24H29N3O3S/c1-17(18-11-7-9-14-21(18)30-3)26(2)22(28)15-5-4-10-16-27-23(29)19-12-6-8-13-20(19)25-24(27)31/h6-9,11-14,17H,4-5,10,15-16H2,1-3H3,(H,25,31). The fourth-order valence-electron chi connectivity index (χ4n) is 3.74. The van der Waals surface area contributed by atoms with Gasteiger partial charge in [0.25, 0.3) is 5.56 Å². The molecule has 0 aliphatic rings. The Balaban J connectivity index is 1.52. The molecule has 1 amide bonds. The van der Waals surface area contributed by atoms with E-state index in [1.807, 2.05) is 56.4 Å². The number of nitrogens with one attached hydrogen (secondary N) is 1. The van der Waals surface area contributed by atoms with Crippen molar-refractivity contribution >= 4 is 29.0 Å². The van der Waals surface area contributed by atoms with E-state index in [0.29, 0.717) is 23.1 Å². The van der Waals surface area contributed by atoms with Gasteiger partial charge in [0.15, 0.2) is 4.77 Å². The van der Waals surface area contributed by atoms with Crippen LogP contribution < -0.4 is 10.3 Å². The number of hydrogen-bond acceptors (Lipinski definition) is 4. The maximum atomic E-state index is 12.7. The summed E-state index contributed by atoms with van der Waals surface area (Å²) in [6, 6.07) is 15.1. The van der Waals surface area contributed by atoms with Gasteiger partial charge in [-0.1, -0.05) is 36.8 Å². The number of rotatable bonds is 9. The van der Waals surface area contributed by atoms with Gasteiger partial charge < -0.3 is 14.6 Å². The maximum Gasteiger partial charge on any atom is 0.262 e. The molecule has 6 nitrogen and oxygen atoms in total. The number of para-hydroxylation sites is 2. The van der Waals surface area contributed by atoms with E-state index >= 15 is 0 Å².